The molecule has 5 amide bonds. The van der Waals surface area contributed by atoms with E-state index < -0.39 is 95.9 Å². The number of fused-ring (bicyclic) bond motifs is 5. The number of ether oxygens (including phenoxy) is 3. The number of non-ortho nitro benzene ring substituents is 2. The lowest BCUT2D eigenvalue weighted by atomic mass is 10.1. The summed E-state index contributed by atoms with van der Waals surface area (Å²) in [4.78, 5) is 148. The first-order valence-electron chi connectivity index (χ1n) is 40.2. The molecule has 0 radical (unpaired) electrons. The zero-order chi connectivity index (χ0) is 96.2. The van der Waals surface area contributed by atoms with Crippen LogP contribution < -0.4 is 49.5 Å². The molecular weight excluding hydrogens is 1750 g/mol. The lowest BCUT2D eigenvalue weighted by Gasteiger charge is -2.26. The molecule has 5 aromatic heterocycles. The number of carbonyl (C=O) groups is 5. The van der Waals surface area contributed by atoms with Gasteiger partial charge in [0.15, 0.2) is 0 Å². The van der Waals surface area contributed by atoms with Crippen LogP contribution in [-0.2, 0) is 75.2 Å². The van der Waals surface area contributed by atoms with E-state index in [4.69, 9.17) is 43.1 Å². The van der Waals surface area contributed by atoms with E-state index in [1.54, 1.807) is 169 Å². The Morgan fingerprint density at radius 1 is 0.454 bits per heavy atom. The number of carbonyl (C=O) groups excluding carboxylic acids is 5. The molecule has 0 atom stereocenters. The first kappa shape index (κ1) is 101. The van der Waals surface area contributed by atoms with Crippen molar-refractivity contribution in [1.29, 1.82) is 0 Å². The van der Waals surface area contributed by atoms with Crippen LogP contribution in [0.5, 0.6) is 0 Å². The number of benzene rings is 7. The van der Waals surface area contributed by atoms with E-state index in [0.29, 0.717) is 94.0 Å². The second-order valence-electron chi connectivity index (χ2n) is 32.3. The Balaban J connectivity index is 0.000000206. The molecule has 5 N–H and O–H groups in total. The largest absolute Gasteiger partial charge is 0.444 e. The second kappa shape index (κ2) is 43.7. The Morgan fingerprint density at radius 3 is 1.19 bits per heavy atom. The standard InChI is InChI=1S/C26H27ClF3N3O4.C21H19ClF3N3O2.C18H23N3O5.C17H23N3O3.C9H5NO4/c1-25(2,3)37-24(36)32(4)12-13-33-11-10-17-18(23(33)35)6-5-7-21(17)31-22(34)15-16-8-9-20(27)19(14-16)26(28,29)30;1-26-8-10-28-9-7-14-15(20(28)30)3-2-4-18(14)27-19(29)12-13-5-6-17(22)16(11-13)21(23,24)25;1-5-19(17(23)26-18(2,3)4)11-12-20-10-9-13-14(16(20)22)7-6-8-15(13)21(24)25;1-17(2,3)23-16(22)19(4)10-11-20-9-8-12-13(15(20)21)6-5-7-14(12)18;11-9-7-2-1-3-8(10(12)13)6(7)4-5-14-9/h5-11,14H,12-13,15H2,1-4H3,(H,31,34);2-7,9,11,26H,8,10,12H2,1H3,(H,27,29);6-10H,5,11-12H2,1-4H3;5-9H,10-11,18H2,1-4H3;1-5H. The number of anilines is 3. The van der Waals surface area contributed by atoms with Gasteiger partial charge in [-0.2, -0.15) is 26.3 Å². The van der Waals surface area contributed by atoms with Gasteiger partial charge in [0.05, 0.1) is 71.7 Å². The molecule has 0 saturated carbocycles. The fourth-order valence-electron chi connectivity index (χ4n) is 12.8. The zero-order valence-electron chi connectivity index (χ0n) is 73.2. The quantitative estimate of drug-likeness (QED) is 0.0171. The maximum atomic E-state index is 13.1. The fourth-order valence-corrected chi connectivity index (χ4v) is 13.2. The Hall–Kier alpha value is -13.9. The van der Waals surface area contributed by atoms with Crippen LogP contribution in [0.2, 0.25) is 10.0 Å². The van der Waals surface area contributed by atoms with Crippen molar-refractivity contribution in [2.24, 2.45) is 0 Å². The van der Waals surface area contributed by atoms with E-state index in [0.717, 1.165) is 35.9 Å². The third kappa shape index (κ3) is 28.0. The highest BCUT2D eigenvalue weighted by Crippen LogP contribution is 2.38. The van der Waals surface area contributed by atoms with Gasteiger partial charge in [-0.1, -0.05) is 65.7 Å². The van der Waals surface area contributed by atoms with Gasteiger partial charge < -0.3 is 73.3 Å². The van der Waals surface area contributed by atoms with E-state index in [-0.39, 0.29) is 88.0 Å². The number of hydrogen-bond donors (Lipinski definition) is 4. The van der Waals surface area contributed by atoms with Crippen molar-refractivity contribution < 1.29 is 78.8 Å². The predicted octanol–water partition coefficient (Wildman–Crippen LogP) is 17.1. The van der Waals surface area contributed by atoms with Crippen LogP contribution in [0.15, 0.2) is 217 Å². The van der Waals surface area contributed by atoms with Crippen LogP contribution in [0.3, 0.4) is 0 Å². The highest BCUT2D eigenvalue weighted by molar-refractivity contribution is 6.31. The molecule has 31 nitrogen and oxygen atoms in total. The number of amides is 5. The summed E-state index contributed by atoms with van der Waals surface area (Å²) < 4.78 is 105. The van der Waals surface area contributed by atoms with Gasteiger partial charge in [-0.05, 0) is 191 Å². The smallest absolute Gasteiger partial charge is 0.417 e. The highest BCUT2D eigenvalue weighted by atomic mass is 35.5. The van der Waals surface area contributed by atoms with Crippen molar-refractivity contribution in [3.05, 3.63) is 293 Å². The normalized spacial score (nSPS) is 11.5. The lowest BCUT2D eigenvalue weighted by molar-refractivity contribution is -0.383. The highest BCUT2D eigenvalue weighted by Gasteiger charge is 2.35. The van der Waals surface area contributed by atoms with Crippen molar-refractivity contribution in [3.63, 3.8) is 0 Å². The zero-order valence-corrected chi connectivity index (χ0v) is 74.7. The molecule has 0 saturated heterocycles. The van der Waals surface area contributed by atoms with Crippen molar-refractivity contribution in [1.82, 2.24) is 38.3 Å². The molecular formula is C91H97Cl2F6N13O18. The van der Waals surface area contributed by atoms with Crippen LogP contribution in [0.1, 0.15) is 91.5 Å². The van der Waals surface area contributed by atoms with E-state index in [9.17, 15) is 94.5 Å². The molecule has 0 unspecified atom stereocenters. The average molecular weight is 1850 g/mol. The van der Waals surface area contributed by atoms with Gasteiger partial charge in [0, 0.05) is 159 Å². The van der Waals surface area contributed by atoms with Gasteiger partial charge in [-0.15, -0.1) is 0 Å². The summed E-state index contributed by atoms with van der Waals surface area (Å²) in [6, 6.07) is 38.6. The molecule has 0 aliphatic rings. The number of alkyl halides is 6. The summed E-state index contributed by atoms with van der Waals surface area (Å²) in [6.45, 7) is 21.3. The van der Waals surface area contributed by atoms with Crippen LogP contribution in [0.25, 0.3) is 53.9 Å². The summed E-state index contributed by atoms with van der Waals surface area (Å²) in [5, 5.41) is 33.4. The van der Waals surface area contributed by atoms with Gasteiger partial charge >= 0.3 is 36.3 Å². The topological polar surface area (TPSA) is 389 Å². The number of halogens is 8. The third-order valence-corrected chi connectivity index (χ3v) is 19.8. The summed E-state index contributed by atoms with van der Waals surface area (Å²) in [5.41, 5.74) is 2.07. The first-order chi connectivity index (χ1) is 60.9. The molecule has 0 bridgehead atoms. The SMILES string of the molecule is CCN(CCn1ccc2c([N+](=O)[O-])cccc2c1=O)C(=O)OC(C)(C)C.CN(CCn1ccc2c(N)cccc2c1=O)C(=O)OC(C)(C)C.CN(CCn1ccc2c(NC(=O)Cc3ccc(Cl)c(C(F)(F)F)c3)cccc2c1=O)C(=O)OC(C)(C)C.CNCCn1ccc2c(NC(=O)Cc3ccc(Cl)c(C(F)(F)F)c3)cccc2c1=O.O=c1occc2c([N+](=O)[O-])cccc12. The Morgan fingerprint density at radius 2 is 0.800 bits per heavy atom. The number of likely N-dealkylation sites (N-methyl/N-ethyl adjacent to an activating group) is 4. The second-order valence-corrected chi connectivity index (χ2v) is 33.2. The number of nitro benzene ring substituents is 2. The van der Waals surface area contributed by atoms with E-state index in [1.165, 1.54) is 78.6 Å². The molecule has 39 heteroatoms. The summed E-state index contributed by atoms with van der Waals surface area (Å²) >= 11 is 11.3. The third-order valence-electron chi connectivity index (χ3n) is 19.2. The van der Waals surface area contributed by atoms with Crippen LogP contribution in [-0.4, -0.2) is 144 Å². The van der Waals surface area contributed by atoms with Crippen LogP contribution in [0.4, 0.5) is 69.2 Å². The van der Waals surface area contributed by atoms with Gasteiger partial charge in [0.2, 0.25) is 11.8 Å². The number of nitrogen functional groups attached to an aromatic ring is 1. The molecule has 0 aliphatic heterocycles. The van der Waals surface area contributed by atoms with Crippen molar-refractivity contribution >= 4 is 136 Å². The summed E-state index contributed by atoms with van der Waals surface area (Å²) in [6.07, 6.45) is -3.62. The number of aromatic nitrogens is 4. The number of nitrogens with zero attached hydrogens (tertiary/aromatic N) is 9. The number of nitrogens with one attached hydrogen (secondary N) is 3. The Labute approximate surface area is 749 Å². The lowest BCUT2D eigenvalue weighted by Crippen LogP contribution is -2.39. The molecule has 5 heterocycles. The Kier molecular flexibility index (Phi) is 34.1. The molecule has 12 aromatic rings. The minimum atomic E-state index is -4.64. The molecule has 0 aliphatic carbocycles. The summed E-state index contributed by atoms with van der Waals surface area (Å²) in [5.74, 6) is -1.05. The fraction of sp³-hybridized carbons (Fsp3) is 0.319. The van der Waals surface area contributed by atoms with Crippen molar-refractivity contribution in [3.8, 4) is 0 Å². The summed E-state index contributed by atoms with van der Waals surface area (Å²) in [7, 11) is 5.02. The molecule has 0 fully saturated rings. The van der Waals surface area contributed by atoms with Gasteiger partial charge in [0.25, 0.3) is 33.6 Å². The van der Waals surface area contributed by atoms with E-state index in [1.807, 2.05) is 33.8 Å². The number of rotatable bonds is 21. The van der Waals surface area contributed by atoms with Gasteiger partial charge in [-0.25, -0.2) is 19.2 Å². The minimum Gasteiger partial charge on any atom is -0.444 e. The number of hydrogen-bond acceptors (Lipinski definition) is 20. The maximum Gasteiger partial charge on any atom is 0.417 e. The van der Waals surface area contributed by atoms with E-state index in [2.05, 4.69) is 20.4 Å². The minimum absolute atomic E-state index is 0.0876. The van der Waals surface area contributed by atoms with Crippen LogP contribution >= 0.6 is 23.2 Å². The van der Waals surface area contributed by atoms with Crippen molar-refractivity contribution in [2.75, 3.05) is 70.2 Å². The molecule has 0 spiro atoms. The molecule has 690 valence electrons. The molecule has 7 aromatic carbocycles. The van der Waals surface area contributed by atoms with Crippen LogP contribution in [0, 0.1) is 20.2 Å². The first-order valence-corrected chi connectivity index (χ1v) is 41.0. The van der Waals surface area contributed by atoms with Gasteiger partial charge in [0.1, 0.15) is 16.8 Å². The molecule has 12 rings (SSSR count). The average Bonchev–Trinajstić information content (AvgIpc) is 0.793. The number of nitrogens with two attached hydrogens (primary N) is 1. The number of pyridine rings is 4. The van der Waals surface area contributed by atoms with Gasteiger partial charge in [-0.3, -0.25) is 49.0 Å². The monoisotopic (exact) mass is 1840 g/mol. The van der Waals surface area contributed by atoms with E-state index >= 15 is 0 Å². The predicted molar refractivity (Wildman–Crippen MR) is 486 cm³/mol. The number of nitro groups is 2. The van der Waals surface area contributed by atoms with Crippen molar-refractivity contribution in [2.45, 2.75) is 137 Å². The Bertz CT molecular complexity index is 6520. The maximum absolute atomic E-state index is 13.1. The molecule has 130 heavy (non-hydrogen) atoms.